The van der Waals surface area contributed by atoms with Crippen molar-refractivity contribution < 1.29 is 14.5 Å². The van der Waals surface area contributed by atoms with E-state index < -0.39 is 4.92 Å². The van der Waals surface area contributed by atoms with Crippen LogP contribution in [-0.2, 0) is 0 Å². The summed E-state index contributed by atoms with van der Waals surface area (Å²) in [6, 6.07) is 2.57. The average molecular weight is 228 g/mol. The van der Waals surface area contributed by atoms with Gasteiger partial charge in [-0.1, -0.05) is 11.6 Å². The summed E-state index contributed by atoms with van der Waals surface area (Å²) in [5.41, 5.74) is -0.0639. The summed E-state index contributed by atoms with van der Waals surface area (Å²) < 4.78 is 5.12. The zero-order valence-corrected chi connectivity index (χ0v) is 8.28. The van der Waals surface area contributed by atoms with Gasteiger partial charge in [-0.3, -0.25) is 14.9 Å². The summed E-state index contributed by atoms with van der Waals surface area (Å²) in [5, 5.41) is 10.9. The van der Waals surface area contributed by atoms with E-state index in [-0.39, 0.29) is 40.8 Å². The van der Waals surface area contributed by atoms with Crippen molar-refractivity contribution in [2.45, 2.75) is 6.42 Å². The number of hydrogen-bond donors (Lipinski definition) is 0. The van der Waals surface area contributed by atoms with Crippen LogP contribution in [0.3, 0.4) is 0 Å². The number of ether oxygens (including phenoxy) is 1. The van der Waals surface area contributed by atoms with Gasteiger partial charge in [-0.2, -0.15) is 0 Å². The third-order valence-electron chi connectivity index (χ3n) is 2.11. The van der Waals surface area contributed by atoms with Gasteiger partial charge in [-0.05, 0) is 6.07 Å². The van der Waals surface area contributed by atoms with Crippen LogP contribution in [0.4, 0.5) is 5.69 Å². The third kappa shape index (κ3) is 1.66. The second-order valence-corrected chi connectivity index (χ2v) is 3.52. The molecule has 0 radical (unpaired) electrons. The molecule has 6 heteroatoms. The highest BCUT2D eigenvalue weighted by atomic mass is 35.5. The number of halogens is 1. The molecule has 78 valence electrons. The Labute approximate surface area is 89.8 Å². The molecule has 1 heterocycles. The average Bonchev–Trinajstić information content (AvgIpc) is 2.18. The summed E-state index contributed by atoms with van der Waals surface area (Å²) in [6.07, 6.45) is 0.227. The molecule has 0 saturated heterocycles. The molecule has 0 unspecified atom stereocenters. The van der Waals surface area contributed by atoms with Gasteiger partial charge in [0.25, 0.3) is 0 Å². The van der Waals surface area contributed by atoms with E-state index in [0.717, 1.165) is 0 Å². The molecule has 15 heavy (non-hydrogen) atoms. The van der Waals surface area contributed by atoms with E-state index in [2.05, 4.69) is 0 Å². The molecule has 0 spiro atoms. The summed E-state index contributed by atoms with van der Waals surface area (Å²) in [7, 11) is 0. The minimum absolute atomic E-state index is 0.0284. The molecule has 0 amide bonds. The van der Waals surface area contributed by atoms with Gasteiger partial charge in [0, 0.05) is 17.5 Å². The maximum Gasteiger partial charge on any atom is 0.313 e. The largest absolute Gasteiger partial charge is 0.486 e. The molecule has 1 aliphatic heterocycles. The lowest BCUT2D eigenvalue weighted by molar-refractivity contribution is -0.385. The molecular formula is C9H6ClNO4. The molecule has 1 aliphatic rings. The Kier molecular flexibility index (Phi) is 2.32. The lowest BCUT2D eigenvalue weighted by Gasteiger charge is -2.15. The van der Waals surface area contributed by atoms with Crippen LogP contribution in [-0.4, -0.2) is 17.3 Å². The summed E-state index contributed by atoms with van der Waals surface area (Å²) >= 11 is 5.68. The minimum Gasteiger partial charge on any atom is -0.486 e. The molecule has 0 N–H and O–H groups in total. The van der Waals surface area contributed by atoms with Gasteiger partial charge in [0.05, 0.1) is 17.1 Å². The van der Waals surface area contributed by atoms with Crippen LogP contribution in [0.5, 0.6) is 5.75 Å². The van der Waals surface area contributed by atoms with Crippen molar-refractivity contribution in [1.82, 2.24) is 0 Å². The lowest BCUT2D eigenvalue weighted by atomic mass is 10.0. The van der Waals surface area contributed by atoms with Crippen molar-refractivity contribution in [3.05, 3.63) is 32.8 Å². The molecule has 5 nitrogen and oxygen atoms in total. The summed E-state index contributed by atoms with van der Waals surface area (Å²) in [4.78, 5) is 21.5. The maximum absolute atomic E-state index is 11.5. The fourth-order valence-corrected chi connectivity index (χ4v) is 1.67. The van der Waals surface area contributed by atoms with Crippen molar-refractivity contribution in [3.63, 3.8) is 0 Å². The number of Topliss-reactive ketones (excluding diaryl/α,β-unsaturated/α-hetero) is 1. The van der Waals surface area contributed by atoms with Crippen molar-refractivity contribution in [3.8, 4) is 5.75 Å². The third-order valence-corrected chi connectivity index (χ3v) is 2.32. The first-order chi connectivity index (χ1) is 7.09. The van der Waals surface area contributed by atoms with E-state index in [0.29, 0.717) is 0 Å². The zero-order chi connectivity index (χ0) is 11.0. The van der Waals surface area contributed by atoms with E-state index in [1.165, 1.54) is 12.1 Å². The number of benzene rings is 1. The van der Waals surface area contributed by atoms with Crippen LogP contribution < -0.4 is 4.74 Å². The Hall–Kier alpha value is -1.62. The standard InChI is InChI=1S/C9H6ClNO4/c10-5-3-6-8(12)1-2-15-9(6)7(4-5)11(13)14/h3-4H,1-2H2. The Morgan fingerprint density at radius 1 is 1.47 bits per heavy atom. The quantitative estimate of drug-likeness (QED) is 0.545. The molecule has 0 bridgehead atoms. The second kappa shape index (κ2) is 3.51. The number of nitro groups is 1. The highest BCUT2D eigenvalue weighted by Gasteiger charge is 2.27. The number of hydrogen-bond acceptors (Lipinski definition) is 4. The first-order valence-electron chi connectivity index (χ1n) is 4.23. The smallest absolute Gasteiger partial charge is 0.313 e. The fraction of sp³-hybridized carbons (Fsp3) is 0.222. The van der Waals surface area contributed by atoms with Gasteiger partial charge in [-0.15, -0.1) is 0 Å². The first-order valence-corrected chi connectivity index (χ1v) is 4.61. The van der Waals surface area contributed by atoms with Gasteiger partial charge in [-0.25, -0.2) is 0 Å². The van der Waals surface area contributed by atoms with Crippen LogP contribution in [0.25, 0.3) is 0 Å². The van der Waals surface area contributed by atoms with Crippen LogP contribution in [0.1, 0.15) is 16.8 Å². The Morgan fingerprint density at radius 3 is 2.87 bits per heavy atom. The van der Waals surface area contributed by atoms with E-state index in [4.69, 9.17) is 16.3 Å². The maximum atomic E-state index is 11.5. The molecule has 0 saturated carbocycles. The molecule has 2 rings (SSSR count). The van der Waals surface area contributed by atoms with E-state index in [1.807, 2.05) is 0 Å². The molecule has 0 fully saturated rings. The molecule has 1 aromatic carbocycles. The predicted molar refractivity (Wildman–Crippen MR) is 52.5 cm³/mol. The van der Waals surface area contributed by atoms with Gasteiger partial charge >= 0.3 is 5.69 Å². The number of nitrogens with zero attached hydrogens (tertiary/aromatic N) is 1. The number of nitro benzene ring substituents is 1. The molecule has 1 aromatic rings. The van der Waals surface area contributed by atoms with Crippen LogP contribution in [0.2, 0.25) is 5.02 Å². The Balaban J connectivity index is 2.67. The SMILES string of the molecule is O=C1CCOc2c1cc(Cl)cc2[N+](=O)[O-]. The van der Waals surface area contributed by atoms with Crippen LogP contribution in [0.15, 0.2) is 12.1 Å². The molecule has 0 aliphatic carbocycles. The number of carbonyl (C=O) groups is 1. The van der Waals surface area contributed by atoms with Crippen molar-refractivity contribution in [1.29, 1.82) is 0 Å². The van der Waals surface area contributed by atoms with Crippen molar-refractivity contribution >= 4 is 23.1 Å². The van der Waals surface area contributed by atoms with Crippen molar-refractivity contribution in [2.24, 2.45) is 0 Å². The van der Waals surface area contributed by atoms with E-state index in [9.17, 15) is 14.9 Å². The highest BCUT2D eigenvalue weighted by Crippen LogP contribution is 2.37. The predicted octanol–water partition coefficient (Wildman–Crippen LogP) is 2.21. The molecule has 0 aromatic heterocycles. The van der Waals surface area contributed by atoms with Crippen LogP contribution >= 0.6 is 11.6 Å². The lowest BCUT2D eigenvalue weighted by Crippen LogP contribution is -2.16. The normalized spacial score (nSPS) is 14.3. The van der Waals surface area contributed by atoms with Crippen molar-refractivity contribution in [2.75, 3.05) is 6.61 Å². The monoisotopic (exact) mass is 227 g/mol. The van der Waals surface area contributed by atoms with Crippen LogP contribution in [0, 0.1) is 10.1 Å². The van der Waals surface area contributed by atoms with Gasteiger partial charge in [0.2, 0.25) is 5.75 Å². The highest BCUT2D eigenvalue weighted by molar-refractivity contribution is 6.31. The second-order valence-electron chi connectivity index (χ2n) is 3.08. The Bertz CT molecular complexity index is 440. The molecule has 0 atom stereocenters. The zero-order valence-electron chi connectivity index (χ0n) is 7.53. The molecular weight excluding hydrogens is 222 g/mol. The van der Waals surface area contributed by atoms with Gasteiger partial charge < -0.3 is 4.74 Å². The summed E-state index contributed by atoms with van der Waals surface area (Å²) in [5.74, 6) is -0.150. The van der Waals surface area contributed by atoms with Gasteiger partial charge in [0.1, 0.15) is 0 Å². The van der Waals surface area contributed by atoms with E-state index in [1.54, 1.807) is 0 Å². The fourth-order valence-electron chi connectivity index (χ4n) is 1.45. The first kappa shape index (κ1) is 9.92. The Morgan fingerprint density at radius 2 is 2.20 bits per heavy atom. The number of rotatable bonds is 1. The number of ketones is 1. The topological polar surface area (TPSA) is 69.4 Å². The summed E-state index contributed by atoms with van der Waals surface area (Å²) in [6.45, 7) is 0.175. The van der Waals surface area contributed by atoms with Gasteiger partial charge in [0.15, 0.2) is 5.78 Å². The number of fused-ring (bicyclic) bond motifs is 1. The van der Waals surface area contributed by atoms with E-state index >= 15 is 0 Å². The minimum atomic E-state index is -0.608. The number of carbonyl (C=O) groups excluding carboxylic acids is 1.